The number of carbonyl (C=O) groups excluding carboxylic acids is 3. The van der Waals surface area contributed by atoms with Crippen molar-refractivity contribution in [2.45, 2.75) is 46.1 Å². The Kier molecular flexibility index (Phi) is 7.97. The quantitative estimate of drug-likeness (QED) is 0.584. The Balaban J connectivity index is 2.80. The summed E-state index contributed by atoms with van der Waals surface area (Å²) in [7, 11) is 0. The molecule has 2 amide bonds. The minimum atomic E-state index is -0.755. The molecule has 0 fully saturated rings. The van der Waals surface area contributed by atoms with Crippen LogP contribution in [0.3, 0.4) is 0 Å². The Labute approximate surface area is 136 Å². The molecule has 0 spiro atoms. The Morgan fingerprint density at radius 1 is 1.17 bits per heavy atom. The molecule has 0 aromatic heterocycles. The number of nitrogens with zero attached hydrogens (tertiary/aromatic N) is 1. The first-order chi connectivity index (χ1) is 11.0. The molecule has 0 unspecified atom stereocenters. The van der Waals surface area contributed by atoms with Gasteiger partial charge >= 0.3 is 5.97 Å². The predicted octanol–water partition coefficient (Wildman–Crippen LogP) is 1.84. The van der Waals surface area contributed by atoms with E-state index in [-0.39, 0.29) is 18.9 Å². The maximum Gasteiger partial charge on any atom is 0.324 e. The molecule has 1 N–H and O–H groups in total. The maximum absolute atomic E-state index is 12.1. The van der Waals surface area contributed by atoms with Crippen LogP contribution in [0.25, 0.3) is 0 Å². The summed E-state index contributed by atoms with van der Waals surface area (Å²) in [6.07, 6.45) is 1.22. The van der Waals surface area contributed by atoms with Crippen molar-refractivity contribution in [1.29, 1.82) is 0 Å². The molecule has 0 aliphatic heterocycles. The third-order valence-corrected chi connectivity index (χ3v) is 3.29. The van der Waals surface area contributed by atoms with Crippen LogP contribution in [-0.4, -0.2) is 35.4 Å². The summed E-state index contributed by atoms with van der Waals surface area (Å²) in [6, 6.07) is 8.93. The van der Waals surface area contributed by atoms with Crippen LogP contribution in [0.4, 0.5) is 0 Å². The summed E-state index contributed by atoms with van der Waals surface area (Å²) in [6.45, 7) is 4.89. The average Bonchev–Trinajstić information content (AvgIpc) is 2.55. The van der Waals surface area contributed by atoms with Crippen molar-refractivity contribution in [1.82, 2.24) is 10.4 Å². The van der Waals surface area contributed by atoms with E-state index in [1.165, 1.54) is 6.92 Å². The van der Waals surface area contributed by atoms with Crippen molar-refractivity contribution in [3.05, 3.63) is 35.9 Å². The van der Waals surface area contributed by atoms with E-state index in [0.29, 0.717) is 12.8 Å². The highest BCUT2D eigenvalue weighted by Crippen LogP contribution is 2.08. The molecule has 1 rings (SSSR count). The zero-order chi connectivity index (χ0) is 17.2. The number of ether oxygens (including phenoxy) is 1. The molecule has 1 atom stereocenters. The van der Waals surface area contributed by atoms with E-state index in [1.807, 2.05) is 30.3 Å². The van der Waals surface area contributed by atoms with E-state index in [4.69, 9.17) is 4.74 Å². The molecule has 0 radical (unpaired) electrons. The number of hydrazine groups is 1. The van der Waals surface area contributed by atoms with Gasteiger partial charge in [-0.05, 0) is 25.3 Å². The van der Waals surface area contributed by atoms with E-state index < -0.39 is 17.9 Å². The van der Waals surface area contributed by atoms with Crippen LogP contribution in [0.1, 0.15) is 39.2 Å². The SMILES string of the molecule is CCOC(=O)[C@H](CCc1ccccc1)NN(C(C)=O)C(=O)CC. The highest BCUT2D eigenvalue weighted by Gasteiger charge is 2.26. The van der Waals surface area contributed by atoms with Gasteiger partial charge in [0.2, 0.25) is 11.8 Å². The molecule has 6 heteroatoms. The number of imide groups is 1. The average molecular weight is 320 g/mol. The van der Waals surface area contributed by atoms with Crippen LogP contribution in [0, 0.1) is 0 Å². The van der Waals surface area contributed by atoms with E-state index in [9.17, 15) is 14.4 Å². The molecule has 0 saturated heterocycles. The van der Waals surface area contributed by atoms with Gasteiger partial charge in [-0.25, -0.2) is 10.4 Å². The van der Waals surface area contributed by atoms with Gasteiger partial charge in [0.1, 0.15) is 6.04 Å². The highest BCUT2D eigenvalue weighted by molar-refractivity contribution is 5.93. The first-order valence-electron chi connectivity index (χ1n) is 7.79. The number of amides is 2. The van der Waals surface area contributed by atoms with Crippen molar-refractivity contribution in [3.8, 4) is 0 Å². The molecule has 0 heterocycles. The van der Waals surface area contributed by atoms with Gasteiger partial charge in [-0.2, -0.15) is 0 Å². The van der Waals surface area contributed by atoms with Gasteiger partial charge in [-0.1, -0.05) is 37.3 Å². The molecule has 0 aliphatic rings. The largest absolute Gasteiger partial charge is 0.465 e. The topological polar surface area (TPSA) is 75.7 Å². The van der Waals surface area contributed by atoms with Gasteiger partial charge in [-0.15, -0.1) is 0 Å². The second-order valence-corrected chi connectivity index (χ2v) is 5.06. The van der Waals surface area contributed by atoms with Crippen LogP contribution in [0.5, 0.6) is 0 Å². The number of aryl methyl sites for hydroxylation is 1. The molecule has 1 aromatic carbocycles. The first-order valence-corrected chi connectivity index (χ1v) is 7.79. The summed E-state index contributed by atoms with van der Waals surface area (Å²) in [4.78, 5) is 35.6. The number of nitrogens with one attached hydrogen (secondary N) is 1. The summed E-state index contributed by atoms with van der Waals surface area (Å²) >= 11 is 0. The Morgan fingerprint density at radius 2 is 1.83 bits per heavy atom. The van der Waals surface area contributed by atoms with Gasteiger partial charge in [0.15, 0.2) is 0 Å². The highest BCUT2D eigenvalue weighted by atomic mass is 16.5. The van der Waals surface area contributed by atoms with Crippen LogP contribution in [0.2, 0.25) is 0 Å². The van der Waals surface area contributed by atoms with Crippen LogP contribution in [0.15, 0.2) is 30.3 Å². The third-order valence-electron chi connectivity index (χ3n) is 3.29. The monoisotopic (exact) mass is 320 g/mol. The molecule has 6 nitrogen and oxygen atoms in total. The molecule has 1 aromatic rings. The number of hydrogen-bond donors (Lipinski definition) is 1. The number of hydrogen-bond acceptors (Lipinski definition) is 5. The lowest BCUT2D eigenvalue weighted by Gasteiger charge is -2.25. The van der Waals surface area contributed by atoms with Crippen LogP contribution in [-0.2, 0) is 25.5 Å². The summed E-state index contributed by atoms with van der Waals surface area (Å²) in [5.41, 5.74) is 3.79. The molecule has 23 heavy (non-hydrogen) atoms. The lowest BCUT2D eigenvalue weighted by atomic mass is 10.1. The van der Waals surface area contributed by atoms with Crippen molar-refractivity contribution in [2.75, 3.05) is 6.61 Å². The Bertz CT molecular complexity index is 531. The van der Waals surface area contributed by atoms with Gasteiger partial charge in [0.25, 0.3) is 0 Å². The standard InChI is InChI=1S/C17H24N2O4/c1-4-16(21)19(13(3)20)18-15(17(22)23-5-2)12-11-14-9-7-6-8-10-14/h6-10,15,18H,4-5,11-12H2,1-3H3/t15-/m0/s1. The molecular formula is C17H24N2O4. The third kappa shape index (κ3) is 6.20. The first kappa shape index (κ1) is 18.8. The fourth-order valence-corrected chi connectivity index (χ4v) is 2.09. The fraction of sp³-hybridized carbons (Fsp3) is 0.471. The molecule has 126 valence electrons. The predicted molar refractivity (Wildman–Crippen MR) is 86.1 cm³/mol. The van der Waals surface area contributed by atoms with Gasteiger partial charge < -0.3 is 4.74 Å². The lowest BCUT2D eigenvalue weighted by Crippen LogP contribution is -2.53. The van der Waals surface area contributed by atoms with Gasteiger partial charge in [-0.3, -0.25) is 14.4 Å². The summed E-state index contributed by atoms with van der Waals surface area (Å²) in [5.74, 6) is -1.31. The normalized spacial score (nSPS) is 11.6. The number of carbonyl (C=O) groups is 3. The Morgan fingerprint density at radius 3 is 2.35 bits per heavy atom. The van der Waals surface area contributed by atoms with E-state index in [0.717, 1.165) is 10.6 Å². The van der Waals surface area contributed by atoms with Crippen LogP contribution >= 0.6 is 0 Å². The second-order valence-electron chi connectivity index (χ2n) is 5.06. The lowest BCUT2D eigenvalue weighted by molar-refractivity contribution is -0.153. The van der Waals surface area contributed by atoms with Crippen molar-refractivity contribution < 1.29 is 19.1 Å². The van der Waals surface area contributed by atoms with Gasteiger partial charge in [0.05, 0.1) is 6.61 Å². The molecular weight excluding hydrogens is 296 g/mol. The van der Waals surface area contributed by atoms with E-state index >= 15 is 0 Å². The smallest absolute Gasteiger partial charge is 0.324 e. The van der Waals surface area contributed by atoms with E-state index in [2.05, 4.69) is 5.43 Å². The Hall–Kier alpha value is -2.21. The maximum atomic E-state index is 12.1. The van der Waals surface area contributed by atoms with Crippen molar-refractivity contribution in [3.63, 3.8) is 0 Å². The molecule has 0 bridgehead atoms. The van der Waals surface area contributed by atoms with Crippen LogP contribution < -0.4 is 5.43 Å². The summed E-state index contributed by atoms with van der Waals surface area (Å²) in [5, 5.41) is 0.895. The van der Waals surface area contributed by atoms with Crippen molar-refractivity contribution >= 4 is 17.8 Å². The number of rotatable bonds is 8. The molecule has 0 saturated carbocycles. The summed E-state index contributed by atoms with van der Waals surface area (Å²) < 4.78 is 5.04. The number of esters is 1. The minimum Gasteiger partial charge on any atom is -0.465 e. The second kappa shape index (κ2) is 9.74. The zero-order valence-electron chi connectivity index (χ0n) is 13.9. The fourth-order valence-electron chi connectivity index (χ4n) is 2.09. The van der Waals surface area contributed by atoms with E-state index in [1.54, 1.807) is 13.8 Å². The molecule has 0 aliphatic carbocycles. The van der Waals surface area contributed by atoms with Gasteiger partial charge in [0, 0.05) is 13.3 Å². The minimum absolute atomic E-state index is 0.167. The number of benzene rings is 1. The van der Waals surface area contributed by atoms with Crippen molar-refractivity contribution in [2.24, 2.45) is 0 Å². The zero-order valence-corrected chi connectivity index (χ0v) is 13.9.